The topological polar surface area (TPSA) is 55.6 Å². The third-order valence-corrected chi connectivity index (χ3v) is 3.39. The zero-order valence-electron chi connectivity index (χ0n) is 9.44. The van der Waals surface area contributed by atoms with Crippen molar-refractivity contribution in [2.75, 3.05) is 32.8 Å². The molecule has 1 aromatic heterocycles. The second-order valence-electron chi connectivity index (χ2n) is 3.57. The molecule has 1 fully saturated rings. The first-order chi connectivity index (χ1) is 8.33. The third kappa shape index (κ3) is 2.86. The van der Waals surface area contributed by atoms with Gasteiger partial charge in [-0.15, -0.1) is 11.3 Å². The fraction of sp³-hybridized carbons (Fsp3) is 0.417. The fourth-order valence-electron chi connectivity index (χ4n) is 1.63. The average Bonchev–Trinajstić information content (AvgIpc) is 2.84. The summed E-state index contributed by atoms with van der Waals surface area (Å²) in [5.74, 6) is 5.75. The molecule has 90 valence electrons. The molecule has 1 amide bonds. The number of rotatable bonds is 1. The van der Waals surface area contributed by atoms with E-state index in [9.17, 15) is 4.79 Å². The van der Waals surface area contributed by atoms with Gasteiger partial charge in [-0.3, -0.25) is 4.79 Å². The number of ether oxygens (including phenoxy) is 1. The predicted molar refractivity (Wildman–Crippen MR) is 67.0 cm³/mol. The lowest BCUT2D eigenvalue weighted by molar-refractivity contribution is 0.0306. The van der Waals surface area contributed by atoms with E-state index in [1.165, 1.54) is 11.3 Å². The number of hydrogen-bond acceptors (Lipinski definition) is 4. The SMILES string of the molecule is NCC#Cc1ccsc1C(=O)N1CCOCC1. The lowest BCUT2D eigenvalue weighted by Gasteiger charge is -2.26. The van der Waals surface area contributed by atoms with Crippen LogP contribution in [-0.2, 0) is 4.74 Å². The highest BCUT2D eigenvalue weighted by atomic mass is 32.1. The van der Waals surface area contributed by atoms with E-state index in [0.717, 1.165) is 5.56 Å². The molecule has 2 rings (SSSR count). The van der Waals surface area contributed by atoms with Crippen molar-refractivity contribution in [3.63, 3.8) is 0 Å². The van der Waals surface area contributed by atoms with E-state index in [1.807, 2.05) is 16.3 Å². The molecule has 2 heterocycles. The minimum absolute atomic E-state index is 0.0459. The lowest BCUT2D eigenvalue weighted by atomic mass is 10.2. The van der Waals surface area contributed by atoms with Gasteiger partial charge in [-0.05, 0) is 11.4 Å². The van der Waals surface area contributed by atoms with Crippen LogP contribution in [-0.4, -0.2) is 43.7 Å². The summed E-state index contributed by atoms with van der Waals surface area (Å²) in [4.78, 5) is 14.7. The maximum Gasteiger partial charge on any atom is 0.265 e. The minimum Gasteiger partial charge on any atom is -0.378 e. The van der Waals surface area contributed by atoms with Gasteiger partial charge >= 0.3 is 0 Å². The molecule has 0 unspecified atom stereocenters. The van der Waals surface area contributed by atoms with Gasteiger partial charge in [0.05, 0.1) is 19.8 Å². The summed E-state index contributed by atoms with van der Waals surface area (Å²) in [5, 5.41) is 1.88. The van der Waals surface area contributed by atoms with Crippen molar-refractivity contribution in [1.29, 1.82) is 0 Å². The van der Waals surface area contributed by atoms with Crippen LogP contribution in [0.4, 0.5) is 0 Å². The second-order valence-corrected chi connectivity index (χ2v) is 4.49. The largest absolute Gasteiger partial charge is 0.378 e. The number of carbonyl (C=O) groups excluding carboxylic acids is 1. The minimum atomic E-state index is 0.0459. The van der Waals surface area contributed by atoms with Gasteiger partial charge in [0.1, 0.15) is 4.88 Å². The highest BCUT2D eigenvalue weighted by molar-refractivity contribution is 7.12. The summed E-state index contributed by atoms with van der Waals surface area (Å²) in [5.41, 5.74) is 6.11. The normalized spacial score (nSPS) is 15.2. The Morgan fingerprint density at radius 1 is 1.53 bits per heavy atom. The van der Waals surface area contributed by atoms with Crippen LogP contribution in [0.15, 0.2) is 11.4 Å². The average molecular weight is 250 g/mol. The molecule has 0 saturated carbocycles. The highest BCUT2D eigenvalue weighted by Gasteiger charge is 2.21. The van der Waals surface area contributed by atoms with Gasteiger partial charge < -0.3 is 15.4 Å². The van der Waals surface area contributed by atoms with Gasteiger partial charge in [-0.2, -0.15) is 0 Å². The third-order valence-electron chi connectivity index (χ3n) is 2.48. The molecule has 0 radical (unpaired) electrons. The van der Waals surface area contributed by atoms with Crippen LogP contribution in [0.1, 0.15) is 15.2 Å². The molecule has 0 aromatic carbocycles. The Hall–Kier alpha value is -1.35. The molecular formula is C12H14N2O2S. The van der Waals surface area contributed by atoms with E-state index in [0.29, 0.717) is 37.7 Å². The maximum absolute atomic E-state index is 12.2. The Labute approximate surface area is 104 Å². The molecule has 1 aliphatic rings. The smallest absolute Gasteiger partial charge is 0.265 e. The quantitative estimate of drug-likeness (QED) is 0.740. The van der Waals surface area contributed by atoms with Gasteiger partial charge in [0, 0.05) is 18.7 Å². The van der Waals surface area contributed by atoms with E-state index in [1.54, 1.807) is 0 Å². The van der Waals surface area contributed by atoms with Crippen LogP contribution >= 0.6 is 11.3 Å². The summed E-state index contributed by atoms with van der Waals surface area (Å²) >= 11 is 1.43. The molecule has 17 heavy (non-hydrogen) atoms. The molecule has 1 saturated heterocycles. The number of hydrogen-bond donors (Lipinski definition) is 1. The van der Waals surface area contributed by atoms with E-state index in [-0.39, 0.29) is 5.91 Å². The van der Waals surface area contributed by atoms with Gasteiger partial charge in [-0.1, -0.05) is 11.8 Å². The number of nitrogens with two attached hydrogens (primary N) is 1. The summed E-state index contributed by atoms with van der Waals surface area (Å²) in [6.45, 7) is 2.84. The Bertz CT molecular complexity index is 453. The molecule has 4 nitrogen and oxygen atoms in total. The first-order valence-electron chi connectivity index (χ1n) is 5.46. The molecule has 1 aliphatic heterocycles. The van der Waals surface area contributed by atoms with Crippen LogP contribution in [0, 0.1) is 11.8 Å². The van der Waals surface area contributed by atoms with Crippen molar-refractivity contribution in [2.45, 2.75) is 0 Å². The summed E-state index contributed by atoms with van der Waals surface area (Å²) in [6.07, 6.45) is 0. The summed E-state index contributed by atoms with van der Waals surface area (Å²) in [7, 11) is 0. The van der Waals surface area contributed by atoms with Crippen LogP contribution in [0.3, 0.4) is 0 Å². The number of amides is 1. The summed E-state index contributed by atoms with van der Waals surface area (Å²) in [6, 6.07) is 1.86. The highest BCUT2D eigenvalue weighted by Crippen LogP contribution is 2.18. The zero-order valence-corrected chi connectivity index (χ0v) is 10.3. The number of morpholine rings is 1. The lowest BCUT2D eigenvalue weighted by Crippen LogP contribution is -2.40. The molecule has 0 spiro atoms. The van der Waals surface area contributed by atoms with Crippen LogP contribution in [0.2, 0.25) is 0 Å². The van der Waals surface area contributed by atoms with E-state index < -0.39 is 0 Å². The van der Waals surface area contributed by atoms with Crippen LogP contribution < -0.4 is 5.73 Å². The Morgan fingerprint density at radius 2 is 2.29 bits per heavy atom. The number of carbonyl (C=O) groups is 1. The first-order valence-corrected chi connectivity index (χ1v) is 6.34. The molecule has 0 aliphatic carbocycles. The fourth-order valence-corrected chi connectivity index (χ4v) is 2.45. The van der Waals surface area contributed by atoms with Crippen molar-refractivity contribution in [3.05, 3.63) is 21.9 Å². The maximum atomic E-state index is 12.2. The molecular weight excluding hydrogens is 236 g/mol. The van der Waals surface area contributed by atoms with Crippen molar-refractivity contribution in [3.8, 4) is 11.8 Å². The van der Waals surface area contributed by atoms with E-state index in [2.05, 4.69) is 11.8 Å². The Morgan fingerprint density at radius 3 is 3.00 bits per heavy atom. The molecule has 0 atom stereocenters. The molecule has 2 N–H and O–H groups in total. The Kier molecular flexibility index (Phi) is 4.15. The van der Waals surface area contributed by atoms with Gasteiger partial charge in [0.15, 0.2) is 0 Å². The van der Waals surface area contributed by atoms with Crippen molar-refractivity contribution in [1.82, 2.24) is 4.90 Å². The van der Waals surface area contributed by atoms with E-state index >= 15 is 0 Å². The number of thiophene rings is 1. The number of nitrogens with zero attached hydrogens (tertiary/aromatic N) is 1. The van der Waals surface area contributed by atoms with Gasteiger partial charge in [0.25, 0.3) is 5.91 Å². The standard InChI is InChI=1S/C12H14N2O2S/c13-4-1-2-10-3-9-17-11(10)12(15)14-5-7-16-8-6-14/h3,9H,4-8,13H2. The molecule has 1 aromatic rings. The summed E-state index contributed by atoms with van der Waals surface area (Å²) < 4.78 is 5.23. The predicted octanol–water partition coefficient (Wildman–Crippen LogP) is 0.531. The van der Waals surface area contributed by atoms with Crippen LogP contribution in [0.5, 0.6) is 0 Å². The van der Waals surface area contributed by atoms with Gasteiger partial charge in [-0.25, -0.2) is 0 Å². The van der Waals surface area contributed by atoms with Crippen molar-refractivity contribution in [2.24, 2.45) is 5.73 Å². The Balaban J connectivity index is 2.15. The van der Waals surface area contributed by atoms with Crippen LogP contribution in [0.25, 0.3) is 0 Å². The monoisotopic (exact) mass is 250 g/mol. The molecule has 5 heteroatoms. The second kappa shape index (κ2) is 5.82. The van der Waals surface area contributed by atoms with Crippen molar-refractivity contribution < 1.29 is 9.53 Å². The zero-order chi connectivity index (χ0) is 12.1. The van der Waals surface area contributed by atoms with E-state index in [4.69, 9.17) is 10.5 Å². The first kappa shape index (κ1) is 12.1. The van der Waals surface area contributed by atoms with Crippen molar-refractivity contribution >= 4 is 17.2 Å². The molecule has 0 bridgehead atoms. The van der Waals surface area contributed by atoms with Gasteiger partial charge in [0.2, 0.25) is 0 Å².